The van der Waals surface area contributed by atoms with Crippen LogP contribution in [0.3, 0.4) is 0 Å². The highest BCUT2D eigenvalue weighted by Crippen LogP contribution is 2.64. The number of benzene rings is 2. The van der Waals surface area contributed by atoms with Crippen LogP contribution in [0.15, 0.2) is 46.2 Å². The van der Waals surface area contributed by atoms with Crippen molar-refractivity contribution in [1.29, 1.82) is 0 Å². The fourth-order valence-electron chi connectivity index (χ4n) is 6.11. The van der Waals surface area contributed by atoms with E-state index >= 15 is 0 Å². The zero-order chi connectivity index (χ0) is 24.4. The van der Waals surface area contributed by atoms with Crippen LogP contribution in [-0.4, -0.2) is 15.7 Å². The average Bonchev–Trinajstić information content (AvgIpc) is 3.52. The molecule has 182 valence electrons. The first-order chi connectivity index (χ1) is 16.8. The summed E-state index contributed by atoms with van der Waals surface area (Å²) in [7, 11) is 0. The number of aromatic nitrogens is 1. The zero-order valence-electron chi connectivity index (χ0n) is 18.3. The smallest absolute Gasteiger partial charge is 0.308 e. The molecule has 2 saturated carbocycles. The molecule has 4 nitrogen and oxygen atoms in total. The highest BCUT2D eigenvalue weighted by atomic mass is 35.5. The standard InChI is InChI=1S/C25H20Cl4N2O2S2/c26-15-7-6-13(9-17(15)28)30-18(32)10-31-24-23(35-25(31)33)20(14-2-1-3-16(27)21(14)29)19-11-4-5-12(8-11)22(19)34-24/h1-3,6-7,9,11-12,19-20,22H,4-5,8,10H2,(H,30,32)/t11-,12-,19-,20-,22+/m0/s1. The summed E-state index contributed by atoms with van der Waals surface area (Å²) in [5, 5.41) is 5.97. The Morgan fingerprint density at radius 2 is 1.83 bits per heavy atom. The maximum atomic E-state index is 13.2. The fraction of sp³-hybridized carbons (Fsp3) is 0.360. The Hall–Kier alpha value is -1.15. The van der Waals surface area contributed by atoms with E-state index in [0.29, 0.717) is 48.8 Å². The number of hydrogen-bond donors (Lipinski definition) is 1. The minimum atomic E-state index is -0.293. The number of hydrogen-bond acceptors (Lipinski definition) is 4. The topological polar surface area (TPSA) is 51.1 Å². The van der Waals surface area contributed by atoms with Gasteiger partial charge in [0.05, 0.1) is 25.1 Å². The molecule has 0 spiro atoms. The van der Waals surface area contributed by atoms with E-state index in [2.05, 4.69) is 5.32 Å². The molecule has 2 aromatic carbocycles. The van der Waals surface area contributed by atoms with E-state index in [1.165, 1.54) is 30.6 Å². The number of nitrogens with zero attached hydrogens (tertiary/aromatic N) is 1. The van der Waals surface area contributed by atoms with E-state index in [9.17, 15) is 9.59 Å². The summed E-state index contributed by atoms with van der Waals surface area (Å²) in [5.41, 5.74) is 1.52. The largest absolute Gasteiger partial charge is 0.324 e. The van der Waals surface area contributed by atoms with Crippen LogP contribution < -0.4 is 10.2 Å². The number of fused-ring (bicyclic) bond motifs is 6. The first-order valence-corrected chi connectivity index (χ1v) is 14.6. The van der Waals surface area contributed by atoms with Crippen LogP contribution in [0.25, 0.3) is 0 Å². The predicted octanol–water partition coefficient (Wildman–Crippen LogP) is 7.81. The van der Waals surface area contributed by atoms with Crippen molar-refractivity contribution in [1.82, 2.24) is 4.57 Å². The molecule has 0 unspecified atom stereocenters. The van der Waals surface area contributed by atoms with Gasteiger partial charge in [-0.05, 0) is 66.8 Å². The number of thioether (sulfide) groups is 1. The van der Waals surface area contributed by atoms with Crippen LogP contribution in [0.5, 0.6) is 0 Å². The summed E-state index contributed by atoms with van der Waals surface area (Å²) < 4.78 is 1.62. The van der Waals surface area contributed by atoms with Gasteiger partial charge >= 0.3 is 4.87 Å². The van der Waals surface area contributed by atoms with E-state index in [1.807, 2.05) is 12.1 Å². The molecule has 2 bridgehead atoms. The molecule has 2 heterocycles. The second-order valence-electron chi connectivity index (χ2n) is 9.41. The van der Waals surface area contributed by atoms with Crippen molar-refractivity contribution in [2.75, 3.05) is 5.32 Å². The molecule has 3 aromatic rings. The molecule has 6 rings (SSSR count). The van der Waals surface area contributed by atoms with Crippen LogP contribution in [0.1, 0.15) is 35.6 Å². The Kier molecular flexibility index (Phi) is 6.43. The van der Waals surface area contributed by atoms with E-state index in [1.54, 1.807) is 40.6 Å². The fourth-order valence-corrected chi connectivity index (χ4v) is 9.98. The number of rotatable bonds is 4. The maximum absolute atomic E-state index is 13.2. The lowest BCUT2D eigenvalue weighted by Gasteiger charge is -2.40. The Bertz CT molecular complexity index is 1400. The molecule has 10 heteroatoms. The third-order valence-corrected chi connectivity index (χ3v) is 11.9. The van der Waals surface area contributed by atoms with Crippen molar-refractivity contribution < 1.29 is 4.79 Å². The molecular weight excluding hydrogens is 566 g/mol. The molecule has 1 N–H and O–H groups in total. The first-order valence-electron chi connectivity index (χ1n) is 11.4. The quantitative estimate of drug-likeness (QED) is 0.339. The van der Waals surface area contributed by atoms with Gasteiger partial charge in [0.15, 0.2) is 0 Å². The van der Waals surface area contributed by atoms with Gasteiger partial charge < -0.3 is 5.32 Å². The number of carbonyl (C=O) groups is 1. The summed E-state index contributed by atoms with van der Waals surface area (Å²) >= 11 is 28.2. The number of anilines is 1. The average molecular weight is 586 g/mol. The second-order valence-corrected chi connectivity index (χ2v) is 13.2. The Morgan fingerprint density at radius 1 is 1.03 bits per heavy atom. The van der Waals surface area contributed by atoms with Gasteiger partial charge in [-0.2, -0.15) is 0 Å². The van der Waals surface area contributed by atoms with Crippen molar-refractivity contribution in [2.24, 2.45) is 17.8 Å². The van der Waals surface area contributed by atoms with Gasteiger partial charge in [-0.3, -0.25) is 14.2 Å². The van der Waals surface area contributed by atoms with Crippen molar-refractivity contribution in [3.8, 4) is 0 Å². The maximum Gasteiger partial charge on any atom is 0.308 e. The summed E-state index contributed by atoms with van der Waals surface area (Å²) in [5.74, 6) is 1.37. The van der Waals surface area contributed by atoms with Gasteiger partial charge in [0.25, 0.3) is 0 Å². The molecule has 0 saturated heterocycles. The summed E-state index contributed by atoms with van der Waals surface area (Å²) in [6.07, 6.45) is 3.66. The van der Waals surface area contributed by atoms with E-state index < -0.39 is 0 Å². The Balaban J connectivity index is 1.38. The van der Waals surface area contributed by atoms with Crippen LogP contribution in [0, 0.1) is 17.8 Å². The van der Waals surface area contributed by atoms with Crippen molar-refractivity contribution >= 4 is 81.1 Å². The molecule has 35 heavy (non-hydrogen) atoms. The summed E-state index contributed by atoms with van der Waals surface area (Å²) in [4.78, 5) is 27.0. The van der Waals surface area contributed by atoms with E-state index in [0.717, 1.165) is 15.5 Å². The van der Waals surface area contributed by atoms with Gasteiger partial charge in [0, 0.05) is 21.7 Å². The highest BCUT2D eigenvalue weighted by Gasteiger charge is 2.55. The van der Waals surface area contributed by atoms with E-state index in [4.69, 9.17) is 46.4 Å². The molecule has 3 aliphatic rings. The normalized spacial score (nSPS) is 26.5. The molecule has 0 radical (unpaired) electrons. The first kappa shape index (κ1) is 24.2. The molecule has 2 fully saturated rings. The molecule has 1 amide bonds. The molecule has 5 atom stereocenters. The monoisotopic (exact) mass is 584 g/mol. The number of thiazole rings is 1. The molecular formula is C25H20Cl4N2O2S2. The van der Waals surface area contributed by atoms with E-state index in [-0.39, 0.29) is 23.2 Å². The van der Waals surface area contributed by atoms with Gasteiger partial charge in [-0.25, -0.2) is 0 Å². The predicted molar refractivity (Wildman–Crippen MR) is 146 cm³/mol. The Morgan fingerprint density at radius 3 is 2.63 bits per heavy atom. The van der Waals surface area contributed by atoms with Crippen molar-refractivity contribution in [3.05, 3.63) is 76.6 Å². The van der Waals surface area contributed by atoms with Gasteiger partial charge in [0.2, 0.25) is 5.91 Å². The SMILES string of the molecule is O=C(Cn1c2c(sc1=O)[C@@H](c1cccc(Cl)c1Cl)[C@@H]1[C@H]3CC[C@@H](C3)[C@H]1S2)Nc1ccc(Cl)c(Cl)c1. The second kappa shape index (κ2) is 9.30. The lowest BCUT2D eigenvalue weighted by Crippen LogP contribution is -2.35. The number of nitrogens with one attached hydrogen (secondary N) is 1. The Labute approximate surface area is 230 Å². The minimum absolute atomic E-state index is 0.00910. The summed E-state index contributed by atoms with van der Waals surface area (Å²) in [6.45, 7) is -0.0700. The highest BCUT2D eigenvalue weighted by molar-refractivity contribution is 8.00. The third kappa shape index (κ3) is 4.14. The van der Waals surface area contributed by atoms with Gasteiger partial charge in [-0.15, -0.1) is 11.8 Å². The number of carbonyl (C=O) groups excluding carboxylic acids is 1. The molecule has 2 aliphatic carbocycles. The molecule has 1 aromatic heterocycles. The van der Waals surface area contributed by atoms with Crippen LogP contribution in [0.4, 0.5) is 5.69 Å². The lowest BCUT2D eigenvalue weighted by atomic mass is 9.75. The lowest BCUT2D eigenvalue weighted by molar-refractivity contribution is -0.116. The van der Waals surface area contributed by atoms with Gasteiger partial charge in [0.1, 0.15) is 6.54 Å². The number of halogens is 4. The van der Waals surface area contributed by atoms with Crippen molar-refractivity contribution in [2.45, 2.75) is 42.0 Å². The molecule has 1 aliphatic heterocycles. The van der Waals surface area contributed by atoms with Gasteiger partial charge in [-0.1, -0.05) is 69.9 Å². The van der Waals surface area contributed by atoms with Crippen LogP contribution in [-0.2, 0) is 11.3 Å². The summed E-state index contributed by atoms with van der Waals surface area (Å²) in [6, 6.07) is 10.7. The third-order valence-electron chi connectivity index (χ3n) is 7.51. The van der Waals surface area contributed by atoms with Crippen LogP contribution in [0.2, 0.25) is 20.1 Å². The zero-order valence-corrected chi connectivity index (χ0v) is 22.9. The van der Waals surface area contributed by atoms with Crippen LogP contribution >= 0.6 is 69.5 Å². The number of amides is 1. The van der Waals surface area contributed by atoms with Crippen molar-refractivity contribution in [3.63, 3.8) is 0 Å². The minimum Gasteiger partial charge on any atom is -0.324 e.